The Labute approximate surface area is 189 Å². The fraction of sp³-hybridized carbons (Fsp3) is 0.391. The number of sulfonamides is 1. The first-order valence-electron chi connectivity index (χ1n) is 10.4. The Morgan fingerprint density at radius 1 is 1.09 bits per heavy atom. The highest BCUT2D eigenvalue weighted by atomic mass is 32.2. The molecule has 0 aliphatic carbocycles. The first-order chi connectivity index (χ1) is 14.9. The van der Waals surface area contributed by atoms with Gasteiger partial charge in [-0.05, 0) is 68.7 Å². The SMILES string of the molecule is CC(=O)N1c2ccc(-c3ccc(NS(C)(=O)=O)c(C)c3)cc2N(C(=O)OC(C)C)C[C@@H]1C. The third-order valence-electron chi connectivity index (χ3n) is 5.16. The summed E-state index contributed by atoms with van der Waals surface area (Å²) in [6.07, 6.45) is 0.376. The summed E-state index contributed by atoms with van der Waals surface area (Å²) >= 11 is 0. The van der Waals surface area contributed by atoms with Crippen molar-refractivity contribution in [2.45, 2.75) is 46.8 Å². The minimum absolute atomic E-state index is 0.101. The molecule has 1 aliphatic heterocycles. The molecule has 0 unspecified atom stereocenters. The van der Waals surface area contributed by atoms with Crippen LogP contribution >= 0.6 is 0 Å². The minimum Gasteiger partial charge on any atom is -0.446 e. The molecule has 1 N–H and O–H groups in total. The molecular weight excluding hydrogens is 430 g/mol. The molecule has 3 rings (SSSR count). The van der Waals surface area contributed by atoms with E-state index >= 15 is 0 Å². The summed E-state index contributed by atoms with van der Waals surface area (Å²) in [7, 11) is -3.38. The van der Waals surface area contributed by atoms with E-state index in [1.165, 1.54) is 6.92 Å². The Kier molecular flexibility index (Phi) is 6.50. The highest BCUT2D eigenvalue weighted by molar-refractivity contribution is 7.92. The molecule has 2 amide bonds. The number of ether oxygens (including phenoxy) is 1. The van der Waals surface area contributed by atoms with Gasteiger partial charge in [-0.2, -0.15) is 0 Å². The molecule has 1 heterocycles. The lowest BCUT2D eigenvalue weighted by molar-refractivity contribution is -0.117. The average molecular weight is 460 g/mol. The maximum atomic E-state index is 12.8. The molecule has 32 heavy (non-hydrogen) atoms. The van der Waals surface area contributed by atoms with Gasteiger partial charge in [0.15, 0.2) is 0 Å². The molecule has 0 aromatic heterocycles. The van der Waals surface area contributed by atoms with Crippen LogP contribution in [0.25, 0.3) is 11.1 Å². The number of hydrogen-bond donors (Lipinski definition) is 1. The number of carbonyl (C=O) groups excluding carboxylic acids is 2. The van der Waals surface area contributed by atoms with E-state index in [-0.39, 0.29) is 18.1 Å². The van der Waals surface area contributed by atoms with Gasteiger partial charge in [-0.15, -0.1) is 0 Å². The number of benzene rings is 2. The van der Waals surface area contributed by atoms with E-state index in [2.05, 4.69) is 4.72 Å². The summed E-state index contributed by atoms with van der Waals surface area (Å²) in [4.78, 5) is 28.4. The van der Waals surface area contributed by atoms with Gasteiger partial charge >= 0.3 is 6.09 Å². The van der Waals surface area contributed by atoms with Crippen molar-refractivity contribution in [1.82, 2.24) is 0 Å². The van der Waals surface area contributed by atoms with Crippen LogP contribution in [-0.4, -0.2) is 45.4 Å². The Morgan fingerprint density at radius 2 is 1.72 bits per heavy atom. The van der Waals surface area contributed by atoms with E-state index in [0.717, 1.165) is 22.9 Å². The normalized spacial score (nSPS) is 16.0. The van der Waals surface area contributed by atoms with Gasteiger partial charge in [0.25, 0.3) is 0 Å². The molecule has 172 valence electrons. The van der Waals surface area contributed by atoms with Gasteiger partial charge in [0, 0.05) is 13.5 Å². The molecule has 8 nitrogen and oxygen atoms in total. The number of nitrogens with one attached hydrogen (secondary N) is 1. The van der Waals surface area contributed by atoms with Crippen LogP contribution in [0.15, 0.2) is 36.4 Å². The minimum atomic E-state index is -3.38. The first kappa shape index (κ1) is 23.6. The zero-order chi connectivity index (χ0) is 23.8. The van der Waals surface area contributed by atoms with Crippen LogP contribution in [0, 0.1) is 6.92 Å². The molecule has 2 aromatic carbocycles. The Morgan fingerprint density at radius 3 is 2.28 bits per heavy atom. The van der Waals surface area contributed by atoms with Gasteiger partial charge in [-0.1, -0.05) is 12.1 Å². The molecule has 2 aromatic rings. The first-order valence-corrected chi connectivity index (χ1v) is 12.3. The van der Waals surface area contributed by atoms with Gasteiger partial charge in [-0.3, -0.25) is 14.4 Å². The lowest BCUT2D eigenvalue weighted by Crippen LogP contribution is -2.51. The number of anilines is 3. The zero-order valence-electron chi connectivity index (χ0n) is 19.2. The van der Waals surface area contributed by atoms with Crippen molar-refractivity contribution in [3.63, 3.8) is 0 Å². The molecule has 0 spiro atoms. The molecule has 1 aliphatic rings. The second-order valence-corrected chi connectivity index (χ2v) is 10.1. The summed E-state index contributed by atoms with van der Waals surface area (Å²) in [5.74, 6) is -0.101. The lowest BCUT2D eigenvalue weighted by atomic mass is 9.99. The molecule has 0 fully saturated rings. The third-order valence-corrected chi connectivity index (χ3v) is 5.76. The van der Waals surface area contributed by atoms with E-state index in [1.54, 1.807) is 29.7 Å². The van der Waals surface area contributed by atoms with Gasteiger partial charge in [0.2, 0.25) is 15.9 Å². The standard InChI is InChI=1S/C23H29N3O5S/c1-14(2)31-23(28)25-13-16(4)26(17(5)27)21-10-8-19(12-22(21)25)18-7-9-20(15(3)11-18)24-32(6,29)30/h7-12,14,16,24H,13H2,1-6H3/t16-/m0/s1. The van der Waals surface area contributed by atoms with E-state index in [9.17, 15) is 18.0 Å². The van der Waals surface area contributed by atoms with Crippen molar-refractivity contribution >= 4 is 39.1 Å². The molecule has 0 saturated carbocycles. The van der Waals surface area contributed by atoms with Crippen molar-refractivity contribution in [3.8, 4) is 11.1 Å². The molecular formula is C23H29N3O5S. The van der Waals surface area contributed by atoms with Gasteiger partial charge in [0.05, 0.1) is 35.5 Å². The van der Waals surface area contributed by atoms with Gasteiger partial charge < -0.3 is 9.64 Å². The second kappa shape index (κ2) is 8.82. The quantitative estimate of drug-likeness (QED) is 0.741. The van der Waals surface area contributed by atoms with Crippen molar-refractivity contribution in [2.75, 3.05) is 27.3 Å². The largest absolute Gasteiger partial charge is 0.446 e. The maximum absolute atomic E-state index is 12.8. The monoisotopic (exact) mass is 459 g/mol. The summed E-state index contributed by atoms with van der Waals surface area (Å²) in [5, 5.41) is 0. The number of carbonyl (C=O) groups is 2. The number of nitrogens with zero attached hydrogens (tertiary/aromatic N) is 2. The van der Waals surface area contributed by atoms with Crippen LogP contribution in [-0.2, 0) is 19.6 Å². The van der Waals surface area contributed by atoms with Crippen molar-refractivity contribution in [3.05, 3.63) is 42.0 Å². The Bertz CT molecular complexity index is 1160. The van der Waals surface area contributed by atoms with E-state index in [4.69, 9.17) is 4.74 Å². The maximum Gasteiger partial charge on any atom is 0.414 e. The summed E-state index contributed by atoms with van der Waals surface area (Å²) in [6, 6.07) is 10.8. The highest BCUT2D eigenvalue weighted by Crippen LogP contribution is 2.39. The molecule has 0 bridgehead atoms. The number of hydrogen-bond acceptors (Lipinski definition) is 5. The van der Waals surface area contributed by atoms with Crippen molar-refractivity contribution in [2.24, 2.45) is 0 Å². The van der Waals surface area contributed by atoms with E-state index < -0.39 is 16.1 Å². The van der Waals surface area contributed by atoms with Crippen molar-refractivity contribution in [1.29, 1.82) is 0 Å². The molecule has 0 radical (unpaired) electrons. The fourth-order valence-corrected chi connectivity index (χ4v) is 4.51. The fourth-order valence-electron chi connectivity index (χ4n) is 3.88. The van der Waals surface area contributed by atoms with Crippen LogP contribution in [0.1, 0.15) is 33.3 Å². The molecule has 9 heteroatoms. The van der Waals surface area contributed by atoms with E-state index in [1.807, 2.05) is 44.2 Å². The van der Waals surface area contributed by atoms with E-state index in [0.29, 0.717) is 23.6 Å². The summed E-state index contributed by atoms with van der Waals surface area (Å²) in [5.41, 5.74) is 4.20. The average Bonchev–Trinajstić information content (AvgIpc) is 2.66. The number of fused-ring (bicyclic) bond motifs is 1. The van der Waals surface area contributed by atoms with Crippen LogP contribution in [0.3, 0.4) is 0 Å². The second-order valence-electron chi connectivity index (χ2n) is 8.39. The topological polar surface area (TPSA) is 96.0 Å². The van der Waals surface area contributed by atoms with Crippen LogP contribution in [0.5, 0.6) is 0 Å². The zero-order valence-corrected chi connectivity index (χ0v) is 20.0. The van der Waals surface area contributed by atoms with Crippen molar-refractivity contribution < 1.29 is 22.7 Å². The Balaban J connectivity index is 2.07. The smallest absolute Gasteiger partial charge is 0.414 e. The number of aryl methyl sites for hydroxylation is 1. The van der Waals surface area contributed by atoms with Crippen LogP contribution < -0.4 is 14.5 Å². The van der Waals surface area contributed by atoms with Crippen LogP contribution in [0.4, 0.5) is 21.9 Å². The number of rotatable bonds is 4. The van der Waals surface area contributed by atoms with Gasteiger partial charge in [0.1, 0.15) is 0 Å². The third kappa shape index (κ3) is 5.04. The molecule has 0 saturated heterocycles. The predicted octanol–water partition coefficient (Wildman–Crippen LogP) is 4.14. The highest BCUT2D eigenvalue weighted by Gasteiger charge is 2.34. The summed E-state index contributed by atoms with van der Waals surface area (Å²) in [6.45, 7) is 9.12. The van der Waals surface area contributed by atoms with Gasteiger partial charge in [-0.25, -0.2) is 13.2 Å². The number of amides is 2. The summed E-state index contributed by atoms with van der Waals surface area (Å²) < 4.78 is 31.1. The predicted molar refractivity (Wildman–Crippen MR) is 127 cm³/mol. The Hall–Kier alpha value is -3.07. The van der Waals surface area contributed by atoms with Crippen LogP contribution in [0.2, 0.25) is 0 Å². The molecule has 1 atom stereocenters. The lowest BCUT2D eigenvalue weighted by Gasteiger charge is -2.40.